The maximum absolute atomic E-state index is 15.0. The van der Waals surface area contributed by atoms with Gasteiger partial charge in [-0.1, -0.05) is 94.8 Å². The van der Waals surface area contributed by atoms with E-state index in [2.05, 4.69) is 94.7 Å². The van der Waals surface area contributed by atoms with Crippen molar-refractivity contribution < 1.29 is 132 Å². The number of unbranched alkanes of at least 4 members (excludes halogenated alkanes) is 2. The SMILES string of the molecule is CC[C@H](C)[C@H](NC(=O)[C@@H](N)Cc1c[nH]cn1)C(=O)N[C@@H](Cc1ccccc1)C(=O)N[C@@H](Cc1c[nH]c2ccccc12)C(=O)N[C@@H](CC(=O)O)C(=O)N[C@@H](CC(=O)O)C(=O)N[C@@H](CC(=O)O)C(=O)N[C@@H](CCCCN)C(=O)N[C@@H](CCCNC(=N)N)C(=O)N[C@@H](Cc1ccc(O)cc1)C(=O)N[C@@H](CC(N)=O)C(=O)N1CCC[C@H]1C(=O)N[C@@H](CO)C(=O)N[C@@H](CC(C)C)C(=O)N[C@@H](CCCCN)C(=O)N[C@@H](CO)C(=O)O. The van der Waals surface area contributed by atoms with Crippen molar-refractivity contribution in [2.24, 2.45) is 40.5 Å². The number of primary amides is 1. The van der Waals surface area contributed by atoms with Gasteiger partial charge in [0.2, 0.25) is 94.5 Å². The summed E-state index contributed by atoms with van der Waals surface area (Å²) in [5.41, 5.74) is 31.1. The van der Waals surface area contributed by atoms with Crippen molar-refractivity contribution in [1.29, 1.82) is 5.41 Å². The zero-order valence-electron chi connectivity index (χ0n) is 80.1. The first-order valence-electron chi connectivity index (χ1n) is 46.9. The molecule has 1 aliphatic heterocycles. The van der Waals surface area contributed by atoms with E-state index in [1.165, 1.54) is 43.0 Å². The number of aromatic hydroxyl groups is 1. The van der Waals surface area contributed by atoms with E-state index in [1.54, 1.807) is 82.3 Å². The predicted molar refractivity (Wildman–Crippen MR) is 512 cm³/mol. The number of nitrogens with one attached hydrogen (secondary N) is 18. The van der Waals surface area contributed by atoms with E-state index in [0.717, 1.165) is 4.90 Å². The first-order chi connectivity index (χ1) is 68.4. The zero-order valence-corrected chi connectivity index (χ0v) is 80.1. The molecule has 0 saturated carbocycles. The lowest BCUT2D eigenvalue weighted by Crippen LogP contribution is -2.62. The minimum absolute atomic E-state index is 0.0122. The molecule has 2 aromatic heterocycles. The van der Waals surface area contributed by atoms with Gasteiger partial charge in [0.15, 0.2) is 5.96 Å². The highest BCUT2D eigenvalue weighted by Gasteiger charge is 2.44. The average molecular weight is 2020 g/mol. The summed E-state index contributed by atoms with van der Waals surface area (Å²) in [6, 6.07) is -8.12. The molecule has 144 heavy (non-hydrogen) atoms. The van der Waals surface area contributed by atoms with Crippen molar-refractivity contribution in [2.75, 3.05) is 39.4 Å². The second-order valence-electron chi connectivity index (χ2n) is 35.2. The summed E-state index contributed by atoms with van der Waals surface area (Å²) in [7, 11) is 0. The number of aromatic amines is 2. The molecule has 0 bridgehead atoms. The number of fused-ring (bicyclic) bond motifs is 1. The molecular weight excluding hydrogens is 1890 g/mol. The fourth-order valence-corrected chi connectivity index (χ4v) is 15.5. The molecule has 17 atom stereocenters. The number of phenols is 1. The first kappa shape index (κ1) is 117. The summed E-state index contributed by atoms with van der Waals surface area (Å²) >= 11 is 0. The molecule has 3 aromatic carbocycles. The Labute approximate surface area is 826 Å². The van der Waals surface area contributed by atoms with Gasteiger partial charge in [0.05, 0.1) is 57.0 Å². The smallest absolute Gasteiger partial charge is 0.328 e. The molecule has 1 fully saturated rings. The number of carbonyl (C=O) groups excluding carboxylic acids is 16. The Balaban J connectivity index is 1.25. The number of aliphatic hydroxyl groups excluding tert-OH is 2. The van der Waals surface area contributed by atoms with Gasteiger partial charge in [-0.05, 0) is 130 Å². The van der Waals surface area contributed by atoms with Crippen LogP contribution in [-0.2, 0) is 122 Å². The van der Waals surface area contributed by atoms with Crippen LogP contribution in [0.25, 0.3) is 10.9 Å². The fraction of sp³-hybridized carbons (Fsp3) is 0.522. The van der Waals surface area contributed by atoms with Crippen LogP contribution in [0.15, 0.2) is 97.6 Å². The second-order valence-corrected chi connectivity index (χ2v) is 35.2. The van der Waals surface area contributed by atoms with Crippen molar-refractivity contribution in [3.05, 3.63) is 120 Å². The van der Waals surface area contributed by atoms with Crippen LogP contribution in [0.3, 0.4) is 0 Å². The average Bonchev–Trinajstić information content (AvgIpc) is 1.73. The largest absolute Gasteiger partial charge is 0.508 e. The van der Waals surface area contributed by atoms with Gasteiger partial charge in [-0.25, -0.2) is 9.78 Å². The number of aliphatic carboxylic acids is 4. The van der Waals surface area contributed by atoms with Crippen LogP contribution >= 0.6 is 0 Å². The number of rotatable bonds is 64. The number of carboxylic acid groups (broad SMARTS) is 4. The lowest BCUT2D eigenvalue weighted by atomic mass is 9.96. The summed E-state index contributed by atoms with van der Waals surface area (Å²) < 4.78 is 0. The van der Waals surface area contributed by atoms with Crippen molar-refractivity contribution in [3.63, 3.8) is 0 Å². The number of amides is 16. The van der Waals surface area contributed by atoms with Crippen LogP contribution in [0.2, 0.25) is 0 Å². The number of benzene rings is 3. The molecule has 0 aliphatic carbocycles. The van der Waals surface area contributed by atoms with Gasteiger partial charge in [0, 0.05) is 62.1 Å². The van der Waals surface area contributed by atoms with Crippen molar-refractivity contribution in [2.45, 2.75) is 253 Å². The minimum atomic E-state index is -2.38. The van der Waals surface area contributed by atoms with Crippen LogP contribution in [0.1, 0.15) is 153 Å². The molecule has 35 N–H and O–H groups in total. The minimum Gasteiger partial charge on any atom is -0.508 e. The van der Waals surface area contributed by atoms with E-state index in [4.69, 9.17) is 34.1 Å². The quantitative estimate of drug-likeness (QED) is 0.00977. The van der Waals surface area contributed by atoms with E-state index < -0.39 is 285 Å². The summed E-state index contributed by atoms with van der Waals surface area (Å²) in [6.45, 7) is 4.45. The van der Waals surface area contributed by atoms with Gasteiger partial charge >= 0.3 is 23.9 Å². The molecular formula is C92H133N25O27. The number of carbonyl (C=O) groups is 20. The normalized spacial score (nSPS) is 15.6. The maximum atomic E-state index is 15.0. The zero-order chi connectivity index (χ0) is 107. The maximum Gasteiger partial charge on any atom is 0.328 e. The van der Waals surface area contributed by atoms with Crippen LogP contribution in [0, 0.1) is 17.2 Å². The highest BCUT2D eigenvalue weighted by Crippen LogP contribution is 2.24. The number of likely N-dealkylation sites (tertiary alicyclic amines) is 1. The Morgan fingerprint density at radius 1 is 0.465 bits per heavy atom. The van der Waals surface area contributed by atoms with Gasteiger partial charge in [0.25, 0.3) is 0 Å². The van der Waals surface area contributed by atoms with Gasteiger partial charge < -0.3 is 159 Å². The number of hydrogen-bond donors (Lipinski definition) is 30. The van der Waals surface area contributed by atoms with Crippen molar-refractivity contribution in [3.8, 4) is 5.75 Å². The third-order valence-electron chi connectivity index (χ3n) is 23.4. The predicted octanol–water partition coefficient (Wildman–Crippen LogP) is -7.05. The molecule has 1 aliphatic rings. The summed E-state index contributed by atoms with van der Waals surface area (Å²) in [4.78, 5) is 291. The lowest BCUT2D eigenvalue weighted by molar-refractivity contribution is -0.144. The van der Waals surface area contributed by atoms with E-state index in [1.807, 2.05) is 0 Å². The van der Waals surface area contributed by atoms with Crippen LogP contribution in [-0.4, -0.2) is 316 Å². The molecule has 6 rings (SSSR count). The van der Waals surface area contributed by atoms with Gasteiger partial charge in [-0.3, -0.25) is 96.5 Å². The molecule has 52 heteroatoms. The molecule has 3 heterocycles. The van der Waals surface area contributed by atoms with Crippen LogP contribution in [0.4, 0.5) is 0 Å². The summed E-state index contributed by atoms with van der Waals surface area (Å²) in [6.07, 6.45) is -1.84. The summed E-state index contributed by atoms with van der Waals surface area (Å²) in [5.74, 6) is -27.3. The Hall–Kier alpha value is -15.3. The number of carboxylic acids is 4. The van der Waals surface area contributed by atoms with E-state index in [-0.39, 0.29) is 114 Å². The fourth-order valence-electron chi connectivity index (χ4n) is 15.5. The number of imidazole rings is 1. The van der Waals surface area contributed by atoms with Crippen LogP contribution in [0.5, 0.6) is 5.75 Å². The third-order valence-corrected chi connectivity index (χ3v) is 23.4. The molecule has 0 spiro atoms. The second kappa shape index (κ2) is 59.4. The number of hydrogen-bond acceptors (Lipinski definition) is 28. The van der Waals surface area contributed by atoms with Crippen LogP contribution < -0.4 is 108 Å². The molecule has 5 aromatic rings. The Kier molecular flexibility index (Phi) is 48.4. The molecule has 52 nitrogen and oxygen atoms in total. The topological polar surface area (TPSA) is 865 Å². The number of aliphatic hydroxyl groups is 2. The number of para-hydroxylation sites is 1. The number of nitrogens with zero attached hydrogens (tertiary/aromatic N) is 2. The molecule has 0 radical (unpaired) electrons. The molecule has 16 amide bonds. The van der Waals surface area contributed by atoms with Gasteiger partial charge in [-0.15, -0.1) is 0 Å². The van der Waals surface area contributed by atoms with E-state index in [0.29, 0.717) is 40.6 Å². The van der Waals surface area contributed by atoms with Gasteiger partial charge in [-0.2, -0.15) is 0 Å². The summed E-state index contributed by atoms with van der Waals surface area (Å²) in [5, 5.41) is 115. The Morgan fingerprint density at radius 3 is 1.36 bits per heavy atom. The highest BCUT2D eigenvalue weighted by atomic mass is 16.4. The third kappa shape index (κ3) is 38.9. The molecule has 1 saturated heterocycles. The standard InChI is InChI=1S/C92H133N25O27/c1-5-48(4)75(116-76(128)55(95)37-52-43-99-46-102-52)89(141)112-62(34-49-17-7-6-8-18-49)81(133)108-63(36-51-42-101-56-20-10-9-19-54(51)56)83(135)109-65(40-73(124)125)85(137)111-66(41-74(126)127)86(138)110-64(39-72(122)123)84(136)105-57(21-11-13-29-93)77(129)103-59(23-15-31-100-92(97)98)78(130)107-61(35-50-25-27-53(120)28-26-50)82(134)113-67(38-71(96)121)90(142)117-32-16-24-70(117)88(140)114-68(44-118)87(139)106-60(33-47(2)3)80(132)104-58(22-12-14-30-94)79(131)115-69(45-119)91(143)144/h6-10,17-20,25-28,42-43,46-48,55,57-70,75,101,118-120H,5,11-16,21-24,29-41,44-45,93-95H2,1-4H3,(H2,96,121)(H,99,102)(H,103,129)(H,104,132)(H,105,136)(H,106,139)(H,107,130)(H,108,133)(H,109,135)(H,110,138)(H,111,137)(H,112,141)(H,113,134)(H,114,140)(H,115,131)(H,116,128)(H,122,123)(H,124,125)(H,126,127)(H,143,144)(H4,97,98,100)/t48-,55-,57-,58-,59-,60-,61-,62-,63-,64-,65-,66-,67-,68-,69-,70-,75-/m0/s1. The van der Waals surface area contributed by atoms with Gasteiger partial charge in [0.1, 0.15) is 96.4 Å². The van der Waals surface area contributed by atoms with Crippen molar-refractivity contribution >= 4 is 135 Å². The Morgan fingerprint density at radius 2 is 0.896 bits per heavy atom. The Bertz CT molecular complexity index is 5240. The number of H-pyrrole nitrogens is 2. The lowest BCUT2D eigenvalue weighted by Gasteiger charge is -2.31. The highest BCUT2D eigenvalue weighted by molar-refractivity contribution is 6.03. The first-order valence-corrected chi connectivity index (χ1v) is 46.9. The number of guanidine groups is 1. The monoisotopic (exact) mass is 2020 g/mol. The molecule has 0 unspecified atom stereocenters. The molecule has 788 valence electrons. The number of phenolic OH excluding ortho intramolecular Hbond substituents is 1. The van der Waals surface area contributed by atoms with E-state index in [9.17, 15) is 117 Å². The van der Waals surface area contributed by atoms with E-state index >= 15 is 14.4 Å². The van der Waals surface area contributed by atoms with Crippen molar-refractivity contribution in [1.82, 2.24) is 99.6 Å². The number of aromatic nitrogens is 3. The number of nitrogens with two attached hydrogens (primary N) is 5.